The number of hydrogen-bond acceptors (Lipinski definition) is 5. The van der Waals surface area contributed by atoms with Crippen LogP contribution in [0.1, 0.15) is 49.9 Å². The molecule has 2 rings (SSSR count). The van der Waals surface area contributed by atoms with Gasteiger partial charge in [-0.1, -0.05) is 0 Å². The van der Waals surface area contributed by atoms with E-state index in [1.54, 1.807) is 18.3 Å². The highest BCUT2D eigenvalue weighted by atomic mass is 16.3. The van der Waals surface area contributed by atoms with Gasteiger partial charge >= 0.3 is 0 Å². The van der Waals surface area contributed by atoms with Crippen molar-refractivity contribution in [2.24, 2.45) is 0 Å². The zero-order valence-electron chi connectivity index (χ0n) is 14.8. The molecule has 1 aromatic rings. The van der Waals surface area contributed by atoms with Crippen molar-refractivity contribution in [1.82, 2.24) is 15.2 Å². The molecular formula is C18H30N4O2. The maximum atomic E-state index is 12.3. The normalized spacial score (nSPS) is 18.1. The van der Waals surface area contributed by atoms with E-state index in [1.807, 2.05) is 13.8 Å². The molecule has 1 fully saturated rings. The van der Waals surface area contributed by atoms with Crippen molar-refractivity contribution in [2.45, 2.75) is 51.6 Å². The van der Waals surface area contributed by atoms with Crippen molar-refractivity contribution in [3.8, 4) is 0 Å². The van der Waals surface area contributed by atoms with Gasteiger partial charge in [0.2, 0.25) is 0 Å². The monoisotopic (exact) mass is 334 g/mol. The number of rotatable bonds is 9. The van der Waals surface area contributed by atoms with Crippen LogP contribution in [0.15, 0.2) is 18.3 Å². The van der Waals surface area contributed by atoms with Crippen LogP contribution in [0.2, 0.25) is 0 Å². The highest BCUT2D eigenvalue weighted by molar-refractivity contribution is 5.98. The Morgan fingerprint density at radius 2 is 2.29 bits per heavy atom. The van der Waals surface area contributed by atoms with Crippen molar-refractivity contribution in [1.29, 1.82) is 0 Å². The number of amides is 1. The molecule has 1 aliphatic rings. The Morgan fingerprint density at radius 1 is 1.46 bits per heavy atom. The Hall–Kier alpha value is -1.66. The van der Waals surface area contributed by atoms with E-state index < -0.39 is 0 Å². The summed E-state index contributed by atoms with van der Waals surface area (Å²) in [5.74, 6) is 0.550. The fourth-order valence-electron chi connectivity index (χ4n) is 3.11. The number of anilines is 1. The zero-order chi connectivity index (χ0) is 17.4. The van der Waals surface area contributed by atoms with Gasteiger partial charge in [-0.25, -0.2) is 4.98 Å². The fourth-order valence-corrected chi connectivity index (χ4v) is 3.11. The molecule has 1 saturated heterocycles. The van der Waals surface area contributed by atoms with E-state index in [4.69, 9.17) is 0 Å². The fraction of sp³-hybridized carbons (Fsp3) is 0.667. The Kier molecular flexibility index (Phi) is 7.46. The Morgan fingerprint density at radius 3 is 3.04 bits per heavy atom. The molecule has 1 atom stereocenters. The molecule has 0 aromatic carbocycles. The molecule has 1 aromatic heterocycles. The third kappa shape index (κ3) is 5.46. The van der Waals surface area contributed by atoms with Crippen molar-refractivity contribution in [2.75, 3.05) is 31.6 Å². The van der Waals surface area contributed by atoms with E-state index in [0.29, 0.717) is 24.0 Å². The van der Waals surface area contributed by atoms with E-state index in [1.165, 1.54) is 6.42 Å². The Balaban J connectivity index is 1.72. The molecule has 0 spiro atoms. The SMILES string of the molecule is CC(C)Nc1ncccc1C(=O)NCCCCN1CCCC1CO. The first-order valence-corrected chi connectivity index (χ1v) is 8.96. The summed E-state index contributed by atoms with van der Waals surface area (Å²) < 4.78 is 0. The van der Waals surface area contributed by atoms with Gasteiger partial charge in [0.25, 0.3) is 5.91 Å². The minimum absolute atomic E-state index is 0.0827. The molecule has 1 aliphatic heterocycles. The van der Waals surface area contributed by atoms with E-state index in [0.717, 1.165) is 32.4 Å². The standard InChI is InChI=1S/C18H30N4O2/c1-14(2)21-17-16(8-5-10-19-17)18(24)20-9-3-4-11-22-12-6-7-15(22)13-23/h5,8,10,14-15,23H,3-4,6-7,9,11-13H2,1-2H3,(H,19,21)(H,20,24). The molecule has 24 heavy (non-hydrogen) atoms. The predicted octanol–water partition coefficient (Wildman–Crippen LogP) is 1.87. The van der Waals surface area contributed by atoms with E-state index >= 15 is 0 Å². The van der Waals surface area contributed by atoms with Gasteiger partial charge in [-0.05, 0) is 64.8 Å². The van der Waals surface area contributed by atoms with Gasteiger partial charge in [0.05, 0.1) is 12.2 Å². The van der Waals surface area contributed by atoms with Crippen LogP contribution in [0.4, 0.5) is 5.82 Å². The summed E-state index contributed by atoms with van der Waals surface area (Å²) in [6.07, 6.45) is 5.93. The van der Waals surface area contributed by atoms with Crippen LogP contribution in [0.3, 0.4) is 0 Å². The van der Waals surface area contributed by atoms with Gasteiger partial charge in [0.15, 0.2) is 0 Å². The van der Waals surface area contributed by atoms with Gasteiger partial charge in [-0.2, -0.15) is 0 Å². The average Bonchev–Trinajstić information content (AvgIpc) is 3.01. The molecule has 0 bridgehead atoms. The molecule has 1 amide bonds. The molecule has 134 valence electrons. The highest BCUT2D eigenvalue weighted by Crippen LogP contribution is 2.17. The van der Waals surface area contributed by atoms with Gasteiger partial charge in [0, 0.05) is 24.8 Å². The number of pyridine rings is 1. The van der Waals surface area contributed by atoms with Crippen molar-refractivity contribution in [3.63, 3.8) is 0 Å². The summed E-state index contributed by atoms with van der Waals surface area (Å²) in [5, 5.41) is 15.5. The molecule has 6 nitrogen and oxygen atoms in total. The van der Waals surface area contributed by atoms with Crippen LogP contribution in [-0.4, -0.2) is 59.2 Å². The van der Waals surface area contributed by atoms with Crippen LogP contribution in [-0.2, 0) is 0 Å². The topological polar surface area (TPSA) is 77.5 Å². The van der Waals surface area contributed by atoms with E-state index in [2.05, 4.69) is 20.5 Å². The summed E-state index contributed by atoms with van der Waals surface area (Å²) in [6.45, 7) is 7.03. The second-order valence-electron chi connectivity index (χ2n) is 6.68. The quantitative estimate of drug-likeness (QED) is 0.601. The van der Waals surface area contributed by atoms with Crippen LogP contribution < -0.4 is 10.6 Å². The van der Waals surface area contributed by atoms with Gasteiger partial charge in [0.1, 0.15) is 5.82 Å². The Labute approximate surface area is 144 Å². The smallest absolute Gasteiger partial charge is 0.255 e. The number of unbranched alkanes of at least 4 members (excludes halogenated alkanes) is 1. The van der Waals surface area contributed by atoms with Gasteiger partial charge in [-0.15, -0.1) is 0 Å². The minimum Gasteiger partial charge on any atom is -0.395 e. The van der Waals surface area contributed by atoms with Gasteiger partial charge < -0.3 is 15.7 Å². The minimum atomic E-state index is -0.0827. The van der Waals surface area contributed by atoms with Crippen LogP contribution in [0, 0.1) is 0 Å². The number of likely N-dealkylation sites (tertiary alicyclic amines) is 1. The molecule has 3 N–H and O–H groups in total. The number of aliphatic hydroxyl groups is 1. The third-order valence-corrected chi connectivity index (χ3v) is 4.35. The number of hydrogen-bond donors (Lipinski definition) is 3. The summed E-state index contributed by atoms with van der Waals surface area (Å²) in [7, 11) is 0. The van der Waals surface area contributed by atoms with Crippen molar-refractivity contribution < 1.29 is 9.90 Å². The number of aliphatic hydroxyl groups excluding tert-OH is 1. The zero-order valence-corrected chi connectivity index (χ0v) is 14.8. The molecule has 0 aliphatic carbocycles. The maximum Gasteiger partial charge on any atom is 0.255 e. The first-order chi connectivity index (χ1) is 11.6. The van der Waals surface area contributed by atoms with Crippen LogP contribution in [0.25, 0.3) is 0 Å². The largest absolute Gasteiger partial charge is 0.395 e. The maximum absolute atomic E-state index is 12.3. The third-order valence-electron chi connectivity index (χ3n) is 4.35. The summed E-state index contributed by atoms with van der Waals surface area (Å²) >= 11 is 0. The van der Waals surface area contributed by atoms with E-state index in [-0.39, 0.29) is 18.6 Å². The lowest BCUT2D eigenvalue weighted by Gasteiger charge is -2.22. The number of nitrogens with zero attached hydrogens (tertiary/aromatic N) is 2. The number of nitrogens with one attached hydrogen (secondary N) is 2. The molecule has 0 radical (unpaired) electrons. The van der Waals surface area contributed by atoms with Crippen molar-refractivity contribution >= 4 is 11.7 Å². The first-order valence-electron chi connectivity index (χ1n) is 8.96. The number of carbonyl (C=O) groups excluding carboxylic acids is 1. The second kappa shape index (κ2) is 9.59. The summed E-state index contributed by atoms with van der Waals surface area (Å²) in [4.78, 5) is 18.9. The van der Waals surface area contributed by atoms with Crippen LogP contribution in [0.5, 0.6) is 0 Å². The lowest BCUT2D eigenvalue weighted by Crippen LogP contribution is -2.33. The lowest BCUT2D eigenvalue weighted by atomic mass is 10.2. The lowest BCUT2D eigenvalue weighted by molar-refractivity contribution is 0.0952. The number of carbonyl (C=O) groups is 1. The summed E-state index contributed by atoms with van der Waals surface area (Å²) in [5.41, 5.74) is 0.589. The first kappa shape index (κ1) is 18.7. The average molecular weight is 334 g/mol. The van der Waals surface area contributed by atoms with Crippen molar-refractivity contribution in [3.05, 3.63) is 23.9 Å². The molecule has 0 saturated carbocycles. The molecular weight excluding hydrogens is 304 g/mol. The molecule has 2 heterocycles. The predicted molar refractivity (Wildman–Crippen MR) is 96.2 cm³/mol. The molecule has 6 heteroatoms. The highest BCUT2D eigenvalue weighted by Gasteiger charge is 2.22. The Bertz CT molecular complexity index is 521. The second-order valence-corrected chi connectivity index (χ2v) is 6.68. The van der Waals surface area contributed by atoms with E-state index in [9.17, 15) is 9.90 Å². The van der Waals surface area contributed by atoms with Gasteiger partial charge in [-0.3, -0.25) is 9.69 Å². The summed E-state index contributed by atoms with van der Waals surface area (Å²) in [6, 6.07) is 4.14. The number of aromatic nitrogens is 1. The molecule has 1 unspecified atom stereocenters. The van der Waals surface area contributed by atoms with Crippen LogP contribution >= 0.6 is 0 Å².